The van der Waals surface area contributed by atoms with Crippen molar-refractivity contribution in [3.05, 3.63) is 113 Å². The van der Waals surface area contributed by atoms with Gasteiger partial charge in [0, 0.05) is 18.7 Å². The molecule has 238 valence electrons. The van der Waals surface area contributed by atoms with E-state index in [4.69, 9.17) is 9.47 Å². The van der Waals surface area contributed by atoms with Crippen LogP contribution in [-0.4, -0.2) is 64.4 Å². The summed E-state index contributed by atoms with van der Waals surface area (Å²) in [7, 11) is 2.86. The normalized spacial score (nSPS) is 16.9. The van der Waals surface area contributed by atoms with Gasteiger partial charge in [-0.15, -0.1) is 0 Å². The zero-order valence-corrected chi connectivity index (χ0v) is 25.5. The molecule has 0 saturated carbocycles. The zero-order chi connectivity index (χ0) is 32.8. The summed E-state index contributed by atoms with van der Waals surface area (Å²) in [5.41, 5.74) is 3.21. The Morgan fingerprint density at radius 2 is 1.35 bits per heavy atom. The van der Waals surface area contributed by atoms with E-state index >= 15 is 0 Å². The van der Waals surface area contributed by atoms with E-state index in [1.807, 2.05) is 0 Å². The van der Waals surface area contributed by atoms with Crippen LogP contribution in [0.25, 0.3) is 6.08 Å². The van der Waals surface area contributed by atoms with Crippen LogP contribution in [0.3, 0.4) is 0 Å². The van der Waals surface area contributed by atoms with E-state index in [0.29, 0.717) is 24.0 Å². The zero-order valence-electron chi connectivity index (χ0n) is 25.5. The number of carbonyl (C=O) groups is 2. The van der Waals surface area contributed by atoms with Crippen LogP contribution in [0.4, 0.5) is 0 Å². The van der Waals surface area contributed by atoms with E-state index in [2.05, 4.69) is 5.32 Å². The summed E-state index contributed by atoms with van der Waals surface area (Å²) < 4.78 is 10.7. The number of aromatic hydroxyl groups is 4. The number of amides is 2. The number of ether oxygens (including phenoxy) is 2. The molecule has 0 bridgehead atoms. The van der Waals surface area contributed by atoms with Crippen LogP contribution in [0.2, 0.25) is 0 Å². The minimum Gasteiger partial charge on any atom is -0.508 e. The average molecular weight is 625 g/mol. The van der Waals surface area contributed by atoms with Crippen molar-refractivity contribution in [2.75, 3.05) is 27.3 Å². The topological polar surface area (TPSA) is 149 Å². The van der Waals surface area contributed by atoms with Gasteiger partial charge in [0.1, 0.15) is 11.5 Å². The number of nitrogens with zero attached hydrogens (tertiary/aromatic N) is 1. The quantitative estimate of drug-likeness (QED) is 0.151. The van der Waals surface area contributed by atoms with Gasteiger partial charge in [0.05, 0.1) is 26.2 Å². The van der Waals surface area contributed by atoms with Gasteiger partial charge in [0.2, 0.25) is 5.91 Å². The molecule has 1 aliphatic heterocycles. The van der Waals surface area contributed by atoms with Crippen LogP contribution in [0.5, 0.6) is 34.5 Å². The molecule has 2 amide bonds. The van der Waals surface area contributed by atoms with Gasteiger partial charge in [-0.05, 0) is 89.7 Å². The predicted octanol–water partition coefficient (Wildman–Crippen LogP) is 4.71. The minimum absolute atomic E-state index is 0.0597. The molecule has 0 aliphatic carbocycles. The van der Waals surface area contributed by atoms with E-state index < -0.39 is 12.0 Å². The maximum Gasteiger partial charge on any atom is 0.251 e. The fraction of sp³-hybridized carbons (Fsp3) is 0.222. The Hall–Kier alpha value is -5.64. The first kappa shape index (κ1) is 31.8. The molecule has 10 heteroatoms. The van der Waals surface area contributed by atoms with E-state index in [-0.39, 0.29) is 65.0 Å². The second kappa shape index (κ2) is 14.0. The summed E-state index contributed by atoms with van der Waals surface area (Å²) in [6, 6.07) is 22.2. The number of rotatable bonds is 11. The number of hydrogen-bond donors (Lipinski definition) is 5. The molecule has 4 aromatic rings. The van der Waals surface area contributed by atoms with Gasteiger partial charge in [-0.2, -0.15) is 0 Å². The first-order chi connectivity index (χ1) is 22.2. The lowest BCUT2D eigenvalue weighted by Gasteiger charge is -2.28. The third-order valence-corrected chi connectivity index (χ3v) is 8.08. The standard InChI is InChI=1S/C36H36N2O8/c1-45-31-20-24(7-13-29(31)41)19-28-33(35(43)37-17-15-22-3-9-26(39)10-4-22)34(25-8-14-30(42)32(21-25)46-2)38(36(28)44)18-16-23-5-11-27(40)12-6-23/h3-14,19-21,33-34,39-42H,15-18H2,1-2H3,(H,37,43). The van der Waals surface area contributed by atoms with Gasteiger partial charge in [0.15, 0.2) is 23.0 Å². The van der Waals surface area contributed by atoms with E-state index in [9.17, 15) is 30.0 Å². The van der Waals surface area contributed by atoms with Crippen LogP contribution in [0, 0.1) is 5.92 Å². The maximum atomic E-state index is 14.3. The summed E-state index contributed by atoms with van der Waals surface area (Å²) in [4.78, 5) is 30.1. The lowest BCUT2D eigenvalue weighted by atomic mass is 9.88. The number of phenolic OH excluding ortho intramolecular Hbond substituents is 4. The second-order valence-corrected chi connectivity index (χ2v) is 11.0. The summed E-state index contributed by atoms with van der Waals surface area (Å²) in [5.74, 6) is -1.10. The number of hydrogen-bond acceptors (Lipinski definition) is 8. The molecular weight excluding hydrogens is 588 g/mol. The Bertz CT molecular complexity index is 1730. The molecule has 1 fully saturated rings. The predicted molar refractivity (Wildman–Crippen MR) is 172 cm³/mol. The van der Waals surface area contributed by atoms with Gasteiger partial charge < -0.3 is 40.1 Å². The van der Waals surface area contributed by atoms with Gasteiger partial charge >= 0.3 is 0 Å². The smallest absolute Gasteiger partial charge is 0.251 e. The maximum absolute atomic E-state index is 14.3. The third kappa shape index (κ3) is 7.02. The average Bonchev–Trinajstić information content (AvgIpc) is 3.33. The van der Waals surface area contributed by atoms with Gasteiger partial charge in [0.25, 0.3) is 5.91 Å². The second-order valence-electron chi connectivity index (χ2n) is 11.0. The van der Waals surface area contributed by atoms with Crippen LogP contribution in [-0.2, 0) is 22.4 Å². The van der Waals surface area contributed by atoms with Gasteiger partial charge in [-0.25, -0.2) is 0 Å². The molecule has 1 aliphatic rings. The Kier molecular flexibility index (Phi) is 9.66. The Morgan fingerprint density at radius 3 is 1.96 bits per heavy atom. The molecule has 4 aromatic carbocycles. The van der Waals surface area contributed by atoms with Crippen LogP contribution < -0.4 is 14.8 Å². The number of phenols is 4. The molecule has 0 aromatic heterocycles. The highest BCUT2D eigenvalue weighted by Gasteiger charge is 2.48. The number of benzene rings is 4. The lowest BCUT2D eigenvalue weighted by molar-refractivity contribution is -0.126. The Balaban J connectivity index is 1.56. The molecule has 10 nitrogen and oxygen atoms in total. The fourth-order valence-corrected chi connectivity index (χ4v) is 5.68. The van der Waals surface area contributed by atoms with E-state index in [1.165, 1.54) is 26.4 Å². The molecule has 5 N–H and O–H groups in total. The number of carbonyl (C=O) groups excluding carboxylic acids is 2. The van der Waals surface area contributed by atoms with Gasteiger partial charge in [-0.1, -0.05) is 36.4 Å². The number of likely N-dealkylation sites (tertiary alicyclic amines) is 1. The highest BCUT2D eigenvalue weighted by atomic mass is 16.5. The van der Waals surface area contributed by atoms with Crippen molar-refractivity contribution >= 4 is 17.9 Å². The minimum atomic E-state index is -0.957. The molecule has 0 spiro atoms. The van der Waals surface area contributed by atoms with Crippen molar-refractivity contribution < 1.29 is 39.5 Å². The van der Waals surface area contributed by atoms with Crippen molar-refractivity contribution in [3.63, 3.8) is 0 Å². The SMILES string of the molecule is COc1cc(C=C2C(=O)N(CCc3ccc(O)cc3)C(c3ccc(O)c(OC)c3)C2C(=O)NCCc2ccc(O)cc2)ccc1O. The molecule has 0 radical (unpaired) electrons. The van der Waals surface area contributed by atoms with E-state index in [0.717, 1.165) is 11.1 Å². The molecule has 46 heavy (non-hydrogen) atoms. The van der Waals surface area contributed by atoms with Crippen molar-refractivity contribution in [2.45, 2.75) is 18.9 Å². The monoisotopic (exact) mass is 624 g/mol. The highest BCUT2D eigenvalue weighted by Crippen LogP contribution is 2.45. The first-order valence-corrected chi connectivity index (χ1v) is 14.8. The Morgan fingerprint density at radius 1 is 0.783 bits per heavy atom. The largest absolute Gasteiger partial charge is 0.508 e. The molecule has 1 heterocycles. The number of nitrogens with one attached hydrogen (secondary N) is 1. The lowest BCUT2D eigenvalue weighted by Crippen LogP contribution is -2.37. The molecule has 5 rings (SSSR count). The molecule has 2 atom stereocenters. The summed E-state index contributed by atoms with van der Waals surface area (Å²) >= 11 is 0. The van der Waals surface area contributed by atoms with Gasteiger partial charge in [-0.3, -0.25) is 9.59 Å². The van der Waals surface area contributed by atoms with Crippen LogP contribution in [0.15, 0.2) is 90.5 Å². The summed E-state index contributed by atoms with van der Waals surface area (Å²) in [6.45, 7) is 0.540. The summed E-state index contributed by atoms with van der Waals surface area (Å²) in [6.07, 6.45) is 2.59. The third-order valence-electron chi connectivity index (χ3n) is 8.08. The molecule has 1 saturated heterocycles. The molecular formula is C36H36N2O8. The van der Waals surface area contributed by atoms with Crippen molar-refractivity contribution in [1.29, 1.82) is 0 Å². The number of methoxy groups -OCH3 is 2. The Labute approximate surface area is 266 Å². The van der Waals surface area contributed by atoms with Crippen molar-refractivity contribution in [2.24, 2.45) is 5.92 Å². The van der Waals surface area contributed by atoms with Crippen LogP contribution >= 0.6 is 0 Å². The van der Waals surface area contributed by atoms with Crippen molar-refractivity contribution in [3.8, 4) is 34.5 Å². The summed E-state index contributed by atoms with van der Waals surface area (Å²) in [5, 5.41) is 42.8. The fourth-order valence-electron chi connectivity index (χ4n) is 5.68. The van der Waals surface area contributed by atoms with Crippen LogP contribution in [0.1, 0.15) is 28.3 Å². The highest BCUT2D eigenvalue weighted by molar-refractivity contribution is 6.07. The molecule has 2 unspecified atom stereocenters. The van der Waals surface area contributed by atoms with E-state index in [1.54, 1.807) is 83.8 Å². The first-order valence-electron chi connectivity index (χ1n) is 14.8. The van der Waals surface area contributed by atoms with Crippen molar-refractivity contribution in [1.82, 2.24) is 10.2 Å².